The summed E-state index contributed by atoms with van der Waals surface area (Å²) in [5.41, 5.74) is 2.38. The lowest BCUT2D eigenvalue weighted by atomic mass is 10.2. The van der Waals surface area contributed by atoms with Gasteiger partial charge in [-0.2, -0.15) is 5.10 Å². The van der Waals surface area contributed by atoms with E-state index in [1.807, 2.05) is 5.38 Å². The van der Waals surface area contributed by atoms with Crippen LogP contribution in [0.5, 0.6) is 0 Å². The van der Waals surface area contributed by atoms with Gasteiger partial charge in [0.25, 0.3) is 0 Å². The van der Waals surface area contributed by atoms with Crippen LogP contribution in [0.15, 0.2) is 64.0 Å². The van der Waals surface area contributed by atoms with Crippen molar-refractivity contribution in [1.29, 1.82) is 0 Å². The Morgan fingerprint density at radius 3 is 2.35 bits per heavy atom. The Labute approximate surface area is 153 Å². The maximum absolute atomic E-state index is 13.2. The fourth-order valence-electron chi connectivity index (χ4n) is 2.24. The number of halogens is 2. The molecule has 0 amide bonds. The third-order valence-electron chi connectivity index (χ3n) is 3.56. The predicted molar refractivity (Wildman–Crippen MR) is 99.4 cm³/mol. The van der Waals surface area contributed by atoms with Crippen molar-refractivity contribution < 1.29 is 13.5 Å². The maximum Gasteiger partial charge on any atom is 0.206 e. The predicted octanol–water partition coefficient (Wildman–Crippen LogP) is 3.92. The largest absolute Gasteiger partial charge is 0.383 e. The van der Waals surface area contributed by atoms with Crippen LogP contribution in [0.25, 0.3) is 11.3 Å². The van der Waals surface area contributed by atoms with Gasteiger partial charge >= 0.3 is 0 Å². The van der Waals surface area contributed by atoms with Crippen LogP contribution in [-0.2, 0) is 4.74 Å². The maximum atomic E-state index is 13.2. The van der Waals surface area contributed by atoms with E-state index in [0.717, 1.165) is 16.8 Å². The molecule has 0 aliphatic rings. The molecule has 3 rings (SSSR count). The molecule has 0 atom stereocenters. The minimum Gasteiger partial charge on any atom is -0.383 e. The number of hydrogen-bond donors (Lipinski definition) is 0. The van der Waals surface area contributed by atoms with Crippen molar-refractivity contribution >= 4 is 17.6 Å². The summed E-state index contributed by atoms with van der Waals surface area (Å²) in [5.74, 6) is -0.594. The van der Waals surface area contributed by atoms with Gasteiger partial charge in [-0.25, -0.2) is 13.5 Å². The van der Waals surface area contributed by atoms with Crippen molar-refractivity contribution in [2.75, 3.05) is 20.3 Å². The Morgan fingerprint density at radius 2 is 1.69 bits per heavy atom. The standard InChI is InChI=1S/C19H17F2N3OS/c1-25-11-10-22-19-24(23-12-14-2-6-16(20)7-3-14)18(13-26-19)15-4-8-17(21)9-5-15/h2-9,12-13H,10-11H2,1H3/b22-19?,23-12-. The summed E-state index contributed by atoms with van der Waals surface area (Å²) in [6.45, 7) is 1.01. The topological polar surface area (TPSA) is 38.9 Å². The zero-order valence-corrected chi connectivity index (χ0v) is 14.9. The normalized spacial score (nSPS) is 12.2. The van der Waals surface area contributed by atoms with E-state index in [-0.39, 0.29) is 11.6 Å². The Hall–Kier alpha value is -2.64. The van der Waals surface area contributed by atoms with Crippen molar-refractivity contribution in [3.05, 3.63) is 75.9 Å². The molecule has 0 N–H and O–H groups in total. The summed E-state index contributed by atoms with van der Waals surface area (Å²) in [4.78, 5) is 5.19. The van der Waals surface area contributed by atoms with Crippen LogP contribution in [0.2, 0.25) is 0 Å². The highest BCUT2D eigenvalue weighted by molar-refractivity contribution is 7.07. The summed E-state index contributed by atoms with van der Waals surface area (Å²) >= 11 is 1.44. The summed E-state index contributed by atoms with van der Waals surface area (Å²) in [7, 11) is 1.62. The van der Waals surface area contributed by atoms with E-state index in [0.29, 0.717) is 18.0 Å². The van der Waals surface area contributed by atoms with E-state index in [1.54, 1.807) is 42.3 Å². The molecule has 1 heterocycles. The third kappa shape index (κ3) is 4.50. The fraction of sp³-hybridized carbons (Fsp3) is 0.158. The van der Waals surface area contributed by atoms with Gasteiger partial charge in [0.2, 0.25) is 4.80 Å². The van der Waals surface area contributed by atoms with Crippen molar-refractivity contribution in [2.45, 2.75) is 0 Å². The first kappa shape index (κ1) is 18.2. The van der Waals surface area contributed by atoms with Crippen molar-refractivity contribution in [3.63, 3.8) is 0 Å². The van der Waals surface area contributed by atoms with E-state index in [9.17, 15) is 8.78 Å². The molecular weight excluding hydrogens is 356 g/mol. The van der Waals surface area contributed by atoms with Crippen LogP contribution < -0.4 is 4.80 Å². The SMILES string of the molecule is COCCN=c1scc(-c2ccc(F)cc2)n1/N=C\c1ccc(F)cc1. The zero-order chi connectivity index (χ0) is 18.4. The van der Waals surface area contributed by atoms with Crippen LogP contribution >= 0.6 is 11.3 Å². The molecule has 3 aromatic rings. The Kier molecular flexibility index (Phi) is 6.04. The number of rotatable bonds is 6. The van der Waals surface area contributed by atoms with Crippen LogP contribution in [-0.4, -0.2) is 31.2 Å². The van der Waals surface area contributed by atoms with E-state index in [2.05, 4.69) is 10.1 Å². The minimum absolute atomic E-state index is 0.296. The lowest BCUT2D eigenvalue weighted by Crippen LogP contribution is -2.13. The van der Waals surface area contributed by atoms with Gasteiger partial charge in [-0.15, -0.1) is 11.3 Å². The molecule has 2 aromatic carbocycles. The molecule has 4 nitrogen and oxygen atoms in total. The molecular formula is C19H17F2N3OS. The quantitative estimate of drug-likeness (QED) is 0.477. The van der Waals surface area contributed by atoms with Crippen LogP contribution in [0, 0.1) is 11.6 Å². The number of methoxy groups -OCH3 is 1. The highest BCUT2D eigenvalue weighted by atomic mass is 32.1. The molecule has 0 aliphatic heterocycles. The second kappa shape index (κ2) is 8.64. The van der Waals surface area contributed by atoms with Crippen LogP contribution in [0.3, 0.4) is 0 Å². The summed E-state index contributed by atoms with van der Waals surface area (Å²) in [5, 5.41) is 6.41. The molecule has 1 aromatic heterocycles. The van der Waals surface area contributed by atoms with E-state index in [4.69, 9.17) is 4.74 Å². The summed E-state index contributed by atoms with van der Waals surface area (Å²) in [6.07, 6.45) is 1.63. The van der Waals surface area contributed by atoms with Gasteiger partial charge in [0.15, 0.2) is 0 Å². The third-order valence-corrected chi connectivity index (χ3v) is 4.41. The molecule has 0 spiro atoms. The highest BCUT2D eigenvalue weighted by Crippen LogP contribution is 2.20. The number of benzene rings is 2. The van der Waals surface area contributed by atoms with Crippen LogP contribution in [0.1, 0.15) is 5.56 Å². The molecule has 134 valence electrons. The van der Waals surface area contributed by atoms with Gasteiger partial charge in [-0.05, 0) is 42.0 Å². The van der Waals surface area contributed by atoms with Gasteiger partial charge < -0.3 is 4.74 Å². The van der Waals surface area contributed by atoms with Gasteiger partial charge in [0, 0.05) is 18.1 Å². The molecule has 0 saturated carbocycles. The number of thiazole rings is 1. The van der Waals surface area contributed by atoms with E-state index >= 15 is 0 Å². The summed E-state index contributed by atoms with van der Waals surface area (Å²) < 4.78 is 33.0. The Morgan fingerprint density at radius 1 is 1.04 bits per heavy atom. The van der Waals surface area contributed by atoms with E-state index in [1.165, 1.54) is 35.6 Å². The van der Waals surface area contributed by atoms with E-state index < -0.39 is 0 Å². The zero-order valence-electron chi connectivity index (χ0n) is 14.1. The lowest BCUT2D eigenvalue weighted by Gasteiger charge is -2.04. The first-order chi connectivity index (χ1) is 12.7. The Bertz CT molecular complexity index is 944. The minimum atomic E-state index is -0.299. The molecule has 0 radical (unpaired) electrons. The van der Waals surface area contributed by atoms with Crippen molar-refractivity contribution in [2.24, 2.45) is 10.1 Å². The molecule has 0 saturated heterocycles. The van der Waals surface area contributed by atoms with Crippen molar-refractivity contribution in [1.82, 2.24) is 4.68 Å². The average Bonchev–Trinajstić information content (AvgIpc) is 3.05. The molecule has 0 unspecified atom stereocenters. The number of hydrogen-bond acceptors (Lipinski definition) is 4. The molecule has 0 fully saturated rings. The average molecular weight is 373 g/mol. The number of aromatic nitrogens is 1. The first-order valence-electron chi connectivity index (χ1n) is 7.93. The fourth-order valence-corrected chi connectivity index (χ4v) is 3.11. The highest BCUT2D eigenvalue weighted by Gasteiger charge is 2.07. The number of ether oxygens (including phenoxy) is 1. The second-order valence-corrected chi connectivity index (χ2v) is 6.23. The first-order valence-corrected chi connectivity index (χ1v) is 8.81. The van der Waals surface area contributed by atoms with Gasteiger partial charge in [-0.1, -0.05) is 12.1 Å². The van der Waals surface area contributed by atoms with Crippen LogP contribution in [0.4, 0.5) is 8.78 Å². The second-order valence-electron chi connectivity index (χ2n) is 5.39. The molecule has 0 aliphatic carbocycles. The van der Waals surface area contributed by atoms with Crippen molar-refractivity contribution in [3.8, 4) is 11.3 Å². The smallest absolute Gasteiger partial charge is 0.206 e. The van der Waals surface area contributed by atoms with Gasteiger partial charge in [0.05, 0.1) is 25.1 Å². The molecule has 0 bridgehead atoms. The lowest BCUT2D eigenvalue weighted by molar-refractivity contribution is 0.207. The van der Waals surface area contributed by atoms with Gasteiger partial charge in [0.1, 0.15) is 11.6 Å². The monoisotopic (exact) mass is 373 g/mol. The van der Waals surface area contributed by atoms with Gasteiger partial charge in [-0.3, -0.25) is 4.99 Å². The molecule has 7 heteroatoms. The Balaban J connectivity index is 2.01. The molecule has 26 heavy (non-hydrogen) atoms. The number of nitrogens with zero attached hydrogens (tertiary/aromatic N) is 3. The summed E-state index contributed by atoms with van der Waals surface area (Å²) in [6, 6.07) is 12.2.